The fourth-order valence-corrected chi connectivity index (χ4v) is 3.70. The van der Waals surface area contributed by atoms with Crippen molar-refractivity contribution < 1.29 is 4.79 Å². The summed E-state index contributed by atoms with van der Waals surface area (Å²) in [6.45, 7) is 0.892. The zero-order chi connectivity index (χ0) is 23.0. The third-order valence-electron chi connectivity index (χ3n) is 5.37. The minimum atomic E-state index is -0.316. The molecule has 0 aliphatic carbocycles. The van der Waals surface area contributed by atoms with Crippen LogP contribution in [0.25, 0.3) is 11.3 Å². The Hall–Kier alpha value is -3.70. The average Bonchev–Trinajstić information content (AvgIpc) is 2.85. The fourth-order valence-electron chi connectivity index (χ4n) is 3.57. The number of rotatable bonds is 8. The molecule has 166 valence electrons. The van der Waals surface area contributed by atoms with Crippen LogP contribution in [-0.2, 0) is 24.3 Å². The summed E-state index contributed by atoms with van der Waals surface area (Å²) in [7, 11) is 0. The molecule has 6 heteroatoms. The van der Waals surface area contributed by atoms with Crippen molar-refractivity contribution in [1.82, 2.24) is 14.7 Å². The number of halogens is 1. The second-order valence-electron chi connectivity index (χ2n) is 7.76. The molecular formula is C27H24ClN3O2. The van der Waals surface area contributed by atoms with Crippen LogP contribution in [0.15, 0.2) is 102 Å². The summed E-state index contributed by atoms with van der Waals surface area (Å²) in [5, 5.41) is 5.06. The molecule has 33 heavy (non-hydrogen) atoms. The Morgan fingerprint density at radius 3 is 2.12 bits per heavy atom. The molecule has 0 saturated heterocycles. The normalized spacial score (nSPS) is 10.7. The predicted octanol–water partition coefficient (Wildman–Crippen LogP) is 4.84. The van der Waals surface area contributed by atoms with Crippen LogP contribution in [0, 0.1) is 0 Å². The van der Waals surface area contributed by atoms with Crippen molar-refractivity contribution in [2.75, 3.05) is 6.54 Å². The van der Waals surface area contributed by atoms with E-state index >= 15 is 0 Å². The number of amides is 1. The Balaban J connectivity index is 1.54. The topological polar surface area (TPSA) is 55.2 Å². The van der Waals surface area contributed by atoms with Crippen molar-refractivity contribution in [2.24, 2.45) is 0 Å². The molecular weight excluding hydrogens is 434 g/mol. The highest BCUT2D eigenvalue weighted by molar-refractivity contribution is 6.30. The van der Waals surface area contributed by atoms with E-state index in [1.54, 1.807) is 23.1 Å². The number of carbonyl (C=O) groups excluding carboxylic acids is 1. The smallest absolute Gasteiger partial charge is 0.267 e. The van der Waals surface area contributed by atoms with E-state index in [9.17, 15) is 9.59 Å². The van der Waals surface area contributed by atoms with Crippen molar-refractivity contribution in [3.63, 3.8) is 0 Å². The van der Waals surface area contributed by atoms with Gasteiger partial charge in [-0.05, 0) is 35.7 Å². The molecule has 0 bridgehead atoms. The van der Waals surface area contributed by atoms with Gasteiger partial charge in [-0.25, -0.2) is 4.68 Å². The van der Waals surface area contributed by atoms with E-state index < -0.39 is 0 Å². The molecule has 1 heterocycles. The van der Waals surface area contributed by atoms with Crippen LogP contribution >= 0.6 is 11.6 Å². The van der Waals surface area contributed by atoms with Gasteiger partial charge in [0.05, 0.1) is 5.69 Å². The number of aromatic nitrogens is 2. The summed E-state index contributed by atoms with van der Waals surface area (Å²) in [6.07, 6.45) is 0.729. The summed E-state index contributed by atoms with van der Waals surface area (Å²) in [6, 6.07) is 30.2. The SMILES string of the molecule is O=C(Cn1nc(-c2ccc(Cl)cc2)ccc1=O)N(CCc1ccccc1)Cc1ccccc1. The first-order valence-electron chi connectivity index (χ1n) is 10.8. The molecule has 0 atom stereocenters. The first-order chi connectivity index (χ1) is 16.1. The van der Waals surface area contributed by atoms with Gasteiger partial charge in [0, 0.05) is 29.7 Å². The van der Waals surface area contributed by atoms with E-state index in [1.807, 2.05) is 72.8 Å². The Labute approximate surface area is 197 Å². The van der Waals surface area contributed by atoms with Crippen LogP contribution in [-0.4, -0.2) is 27.1 Å². The Morgan fingerprint density at radius 2 is 1.45 bits per heavy atom. The Morgan fingerprint density at radius 1 is 0.818 bits per heavy atom. The zero-order valence-corrected chi connectivity index (χ0v) is 18.9. The summed E-state index contributed by atoms with van der Waals surface area (Å²) < 4.78 is 1.23. The summed E-state index contributed by atoms with van der Waals surface area (Å²) in [4.78, 5) is 27.5. The van der Waals surface area contributed by atoms with Gasteiger partial charge in [-0.1, -0.05) is 84.4 Å². The van der Waals surface area contributed by atoms with E-state index in [0.29, 0.717) is 23.8 Å². The Kier molecular flexibility index (Phi) is 7.33. The van der Waals surface area contributed by atoms with Crippen molar-refractivity contribution in [3.05, 3.63) is 124 Å². The maximum absolute atomic E-state index is 13.3. The molecule has 0 aliphatic rings. The number of nitrogens with zero attached hydrogens (tertiary/aromatic N) is 3. The van der Waals surface area contributed by atoms with Gasteiger partial charge in [-0.2, -0.15) is 5.10 Å². The van der Waals surface area contributed by atoms with Gasteiger partial charge >= 0.3 is 0 Å². The molecule has 3 aromatic carbocycles. The predicted molar refractivity (Wildman–Crippen MR) is 131 cm³/mol. The molecule has 0 radical (unpaired) electrons. The quantitative estimate of drug-likeness (QED) is 0.380. The van der Waals surface area contributed by atoms with Gasteiger partial charge in [-0.15, -0.1) is 0 Å². The van der Waals surface area contributed by atoms with Crippen molar-refractivity contribution in [2.45, 2.75) is 19.5 Å². The second kappa shape index (κ2) is 10.7. The lowest BCUT2D eigenvalue weighted by Crippen LogP contribution is -2.38. The van der Waals surface area contributed by atoms with Gasteiger partial charge in [0.2, 0.25) is 5.91 Å². The number of carbonyl (C=O) groups is 1. The highest BCUT2D eigenvalue weighted by Gasteiger charge is 2.16. The average molecular weight is 458 g/mol. The zero-order valence-electron chi connectivity index (χ0n) is 18.1. The minimum absolute atomic E-state index is 0.123. The maximum Gasteiger partial charge on any atom is 0.267 e. The third kappa shape index (κ3) is 6.18. The van der Waals surface area contributed by atoms with E-state index in [2.05, 4.69) is 5.10 Å². The molecule has 0 aliphatic heterocycles. The van der Waals surface area contributed by atoms with Crippen molar-refractivity contribution in [3.8, 4) is 11.3 Å². The van der Waals surface area contributed by atoms with E-state index in [4.69, 9.17) is 11.6 Å². The number of hydrogen-bond donors (Lipinski definition) is 0. The molecule has 4 rings (SSSR count). The molecule has 0 fully saturated rings. The maximum atomic E-state index is 13.3. The molecule has 0 saturated carbocycles. The summed E-state index contributed by atoms with van der Waals surface area (Å²) in [5.74, 6) is -0.155. The van der Waals surface area contributed by atoms with Gasteiger partial charge < -0.3 is 4.90 Å². The van der Waals surface area contributed by atoms with Crippen molar-refractivity contribution >= 4 is 17.5 Å². The standard InChI is InChI=1S/C27H24ClN3O2/c28-24-13-11-23(12-14-24)25-15-16-26(32)31(29-25)20-27(33)30(19-22-9-5-2-6-10-22)18-17-21-7-3-1-4-8-21/h1-16H,17-20H2. The van der Waals surface area contributed by atoms with Crippen molar-refractivity contribution in [1.29, 1.82) is 0 Å². The highest BCUT2D eigenvalue weighted by Crippen LogP contribution is 2.18. The van der Waals surface area contributed by atoms with Crippen LogP contribution in [0.5, 0.6) is 0 Å². The molecule has 0 spiro atoms. The van der Waals surface area contributed by atoms with Gasteiger partial charge in [0.15, 0.2) is 0 Å². The summed E-state index contributed by atoms with van der Waals surface area (Å²) in [5.41, 5.74) is 3.31. The lowest BCUT2D eigenvalue weighted by Gasteiger charge is -2.23. The first-order valence-corrected chi connectivity index (χ1v) is 11.2. The van der Waals surface area contributed by atoms with Crippen LogP contribution in [0.1, 0.15) is 11.1 Å². The van der Waals surface area contributed by atoms with Gasteiger partial charge in [0.25, 0.3) is 5.56 Å². The first kappa shape index (κ1) is 22.5. The van der Waals surface area contributed by atoms with E-state index in [1.165, 1.54) is 10.7 Å². The molecule has 0 unspecified atom stereocenters. The minimum Gasteiger partial charge on any atom is -0.336 e. The van der Waals surface area contributed by atoms with Gasteiger partial charge in [0.1, 0.15) is 6.54 Å². The van der Waals surface area contributed by atoms with Crippen LogP contribution in [0.3, 0.4) is 0 Å². The fraction of sp³-hybridized carbons (Fsp3) is 0.148. The van der Waals surface area contributed by atoms with Gasteiger partial charge in [-0.3, -0.25) is 9.59 Å². The molecule has 4 aromatic rings. The molecule has 0 N–H and O–H groups in total. The van der Waals surface area contributed by atoms with Crippen LogP contribution < -0.4 is 5.56 Å². The van der Waals surface area contributed by atoms with E-state index in [-0.39, 0.29) is 18.0 Å². The third-order valence-corrected chi connectivity index (χ3v) is 5.63. The van der Waals surface area contributed by atoms with Crippen LogP contribution in [0.4, 0.5) is 0 Å². The van der Waals surface area contributed by atoms with Crippen LogP contribution in [0.2, 0.25) is 5.02 Å². The molecule has 1 aromatic heterocycles. The summed E-state index contributed by atoms with van der Waals surface area (Å²) >= 11 is 5.97. The largest absolute Gasteiger partial charge is 0.336 e. The molecule has 1 amide bonds. The number of benzene rings is 3. The Bertz CT molecular complexity index is 1260. The number of hydrogen-bond acceptors (Lipinski definition) is 3. The second-order valence-corrected chi connectivity index (χ2v) is 8.19. The highest BCUT2D eigenvalue weighted by atomic mass is 35.5. The lowest BCUT2D eigenvalue weighted by molar-refractivity contribution is -0.132. The lowest BCUT2D eigenvalue weighted by atomic mass is 10.1. The molecule has 5 nitrogen and oxygen atoms in total. The monoisotopic (exact) mass is 457 g/mol. The van der Waals surface area contributed by atoms with E-state index in [0.717, 1.165) is 23.1 Å².